The molecule has 1 aliphatic heterocycles. The van der Waals surface area contributed by atoms with Gasteiger partial charge in [-0.2, -0.15) is 0 Å². The number of nitrogens with zero attached hydrogens (tertiary/aromatic N) is 1. The molecule has 1 heterocycles. The Hall–Kier alpha value is -3.58. The van der Waals surface area contributed by atoms with E-state index in [1.54, 1.807) is 12.1 Å². The highest BCUT2D eigenvalue weighted by molar-refractivity contribution is 6.32. The highest BCUT2D eigenvalue weighted by Crippen LogP contribution is 2.55. The zero-order chi connectivity index (χ0) is 31.4. The lowest BCUT2D eigenvalue weighted by Crippen LogP contribution is -2.43. The monoisotopic (exact) mass is 604 g/mol. The normalized spacial score (nSPS) is 19.7. The third kappa shape index (κ3) is 5.97. The van der Waals surface area contributed by atoms with Crippen LogP contribution >= 0.6 is 11.6 Å². The first-order valence-electron chi connectivity index (χ1n) is 14.7. The molecule has 43 heavy (non-hydrogen) atoms. The molecule has 0 aromatic heterocycles. The van der Waals surface area contributed by atoms with Gasteiger partial charge in [0.05, 0.1) is 12.1 Å². The second-order valence-electron chi connectivity index (χ2n) is 13.8. The molecule has 1 N–H and O–H groups in total. The molecular formula is C35H41ClN2O5. The Morgan fingerprint density at radius 1 is 0.953 bits per heavy atom. The maximum Gasteiger partial charge on any atom is 0.262 e. The molecule has 2 aromatic rings. The molecule has 228 valence electrons. The number of allylic oxidation sites excluding steroid dienone is 4. The summed E-state index contributed by atoms with van der Waals surface area (Å²) in [5, 5.41) is 3.12. The molecule has 1 amide bonds. The Bertz CT molecular complexity index is 1550. The summed E-state index contributed by atoms with van der Waals surface area (Å²) in [7, 11) is 3.49. The van der Waals surface area contributed by atoms with Crippen LogP contribution in [-0.2, 0) is 14.4 Å². The smallest absolute Gasteiger partial charge is 0.262 e. The van der Waals surface area contributed by atoms with Crippen molar-refractivity contribution in [1.29, 1.82) is 0 Å². The third-order valence-electron chi connectivity index (χ3n) is 8.77. The molecule has 0 bridgehead atoms. The molecule has 8 heteroatoms. The van der Waals surface area contributed by atoms with Gasteiger partial charge in [-0.25, -0.2) is 0 Å². The number of ketones is 2. The average Bonchev–Trinajstić information content (AvgIpc) is 2.89. The minimum absolute atomic E-state index is 0.0470. The Morgan fingerprint density at radius 3 is 2.07 bits per heavy atom. The number of halogens is 1. The van der Waals surface area contributed by atoms with E-state index < -0.39 is 5.92 Å². The first-order valence-corrected chi connectivity index (χ1v) is 15.1. The lowest BCUT2D eigenvalue weighted by atomic mass is 9.63. The van der Waals surface area contributed by atoms with Crippen LogP contribution in [0.3, 0.4) is 0 Å². The minimum atomic E-state index is -0.554. The lowest BCUT2D eigenvalue weighted by Gasteiger charge is -2.48. The Morgan fingerprint density at radius 2 is 1.53 bits per heavy atom. The van der Waals surface area contributed by atoms with Gasteiger partial charge in [0.1, 0.15) is 0 Å². The second-order valence-corrected chi connectivity index (χ2v) is 14.2. The van der Waals surface area contributed by atoms with Crippen LogP contribution in [-0.4, -0.2) is 43.1 Å². The van der Waals surface area contributed by atoms with E-state index in [1.807, 2.05) is 39.1 Å². The maximum absolute atomic E-state index is 13.8. The van der Waals surface area contributed by atoms with Gasteiger partial charge in [-0.1, -0.05) is 57.0 Å². The van der Waals surface area contributed by atoms with E-state index in [2.05, 4.69) is 37.9 Å². The number of anilines is 1. The fraction of sp³-hybridized carbons (Fsp3) is 0.457. The summed E-state index contributed by atoms with van der Waals surface area (Å²) in [6.45, 7) is 12.1. The van der Waals surface area contributed by atoms with Gasteiger partial charge in [-0.15, -0.1) is 0 Å². The number of ether oxygens (including phenoxy) is 2. The van der Waals surface area contributed by atoms with Gasteiger partial charge >= 0.3 is 0 Å². The number of nitrogens with one attached hydrogen (secondary N) is 1. The highest BCUT2D eigenvalue weighted by atomic mass is 35.5. The van der Waals surface area contributed by atoms with E-state index in [0.29, 0.717) is 41.0 Å². The predicted octanol–water partition coefficient (Wildman–Crippen LogP) is 7.30. The second kappa shape index (κ2) is 11.2. The predicted molar refractivity (Wildman–Crippen MR) is 169 cm³/mol. The molecular weight excluding hydrogens is 564 g/mol. The van der Waals surface area contributed by atoms with Gasteiger partial charge in [-0.3, -0.25) is 14.4 Å². The fourth-order valence-electron chi connectivity index (χ4n) is 6.82. The summed E-state index contributed by atoms with van der Waals surface area (Å²) in [4.78, 5) is 42.5. The number of aryl methyl sites for hydroxylation is 2. The van der Waals surface area contributed by atoms with E-state index >= 15 is 0 Å². The van der Waals surface area contributed by atoms with E-state index in [0.717, 1.165) is 35.4 Å². The molecule has 0 atom stereocenters. The first-order chi connectivity index (χ1) is 20.1. The molecule has 0 spiro atoms. The van der Waals surface area contributed by atoms with Crippen LogP contribution in [0.15, 0.2) is 52.9 Å². The number of carbonyl (C=O) groups is 3. The molecule has 0 radical (unpaired) electrons. The Kier molecular flexibility index (Phi) is 8.01. The van der Waals surface area contributed by atoms with Crippen LogP contribution < -0.4 is 14.8 Å². The molecule has 3 aliphatic rings. The highest BCUT2D eigenvalue weighted by Gasteiger charge is 2.48. The first kappa shape index (κ1) is 30.9. The summed E-state index contributed by atoms with van der Waals surface area (Å²) in [6, 6.07) is 9.32. The van der Waals surface area contributed by atoms with Crippen molar-refractivity contribution in [1.82, 2.24) is 4.90 Å². The van der Waals surface area contributed by atoms with E-state index in [1.165, 1.54) is 7.11 Å². The van der Waals surface area contributed by atoms with Crippen molar-refractivity contribution in [2.75, 3.05) is 26.1 Å². The van der Waals surface area contributed by atoms with Gasteiger partial charge in [0.2, 0.25) is 0 Å². The number of amides is 1. The summed E-state index contributed by atoms with van der Waals surface area (Å²) in [5.74, 6) is -0.234. The molecule has 5 rings (SSSR count). The maximum atomic E-state index is 13.8. The van der Waals surface area contributed by atoms with Gasteiger partial charge < -0.3 is 19.7 Å². The van der Waals surface area contributed by atoms with Crippen molar-refractivity contribution in [3.8, 4) is 11.5 Å². The van der Waals surface area contributed by atoms with Gasteiger partial charge in [0, 0.05) is 54.0 Å². The quantitative estimate of drug-likeness (QED) is 0.372. The zero-order valence-corrected chi connectivity index (χ0v) is 27.1. The van der Waals surface area contributed by atoms with E-state index in [4.69, 9.17) is 21.1 Å². The largest absolute Gasteiger partial charge is 0.493 e. The summed E-state index contributed by atoms with van der Waals surface area (Å²) < 4.78 is 11.6. The SMILES string of the molecule is COc1cc(C2C3=C(CC(C)(C)CC3=O)N(C)C3=C2C(=O)CC(C)(C)C3)cc(Cl)c1OCC(=O)Nc1ccc(C)cc1C. The van der Waals surface area contributed by atoms with Crippen molar-refractivity contribution in [2.24, 2.45) is 10.8 Å². The van der Waals surface area contributed by atoms with Crippen LogP contribution in [0.1, 0.15) is 76.0 Å². The van der Waals surface area contributed by atoms with Crippen LogP contribution in [0.5, 0.6) is 11.5 Å². The number of methoxy groups -OCH3 is 1. The fourth-order valence-corrected chi connectivity index (χ4v) is 7.10. The Labute approximate surface area is 259 Å². The topological polar surface area (TPSA) is 84.9 Å². The number of hydrogen-bond acceptors (Lipinski definition) is 6. The number of rotatable bonds is 6. The summed E-state index contributed by atoms with van der Waals surface area (Å²) >= 11 is 6.81. The molecule has 0 fully saturated rings. The van der Waals surface area contributed by atoms with E-state index in [9.17, 15) is 14.4 Å². The van der Waals surface area contributed by atoms with Crippen LogP contribution in [0.2, 0.25) is 5.02 Å². The van der Waals surface area contributed by atoms with Crippen molar-refractivity contribution in [2.45, 2.75) is 73.1 Å². The van der Waals surface area contributed by atoms with Crippen LogP contribution in [0.25, 0.3) is 0 Å². The van der Waals surface area contributed by atoms with Crippen molar-refractivity contribution in [3.63, 3.8) is 0 Å². The van der Waals surface area contributed by atoms with Crippen molar-refractivity contribution < 1.29 is 23.9 Å². The minimum Gasteiger partial charge on any atom is -0.493 e. The third-order valence-corrected chi connectivity index (χ3v) is 9.05. The van der Waals surface area contributed by atoms with Gasteiger partial charge in [-0.05, 0) is 66.8 Å². The molecule has 0 unspecified atom stereocenters. The number of carbonyl (C=O) groups excluding carboxylic acids is 3. The molecule has 0 saturated heterocycles. The zero-order valence-electron chi connectivity index (χ0n) is 26.4. The lowest BCUT2D eigenvalue weighted by molar-refractivity contribution is -0.120. The molecule has 2 aromatic carbocycles. The van der Waals surface area contributed by atoms with E-state index in [-0.39, 0.29) is 45.7 Å². The van der Waals surface area contributed by atoms with Crippen molar-refractivity contribution >= 4 is 34.8 Å². The molecule has 2 aliphatic carbocycles. The summed E-state index contributed by atoms with van der Waals surface area (Å²) in [5.41, 5.74) is 6.35. The van der Waals surface area contributed by atoms with Gasteiger partial charge in [0.15, 0.2) is 29.7 Å². The molecule has 0 saturated carbocycles. The molecule has 7 nitrogen and oxygen atoms in total. The summed E-state index contributed by atoms with van der Waals surface area (Å²) in [6.07, 6.45) is 2.27. The number of Topliss-reactive ketones (excluding diaryl/α,β-unsaturated/α-hetero) is 2. The van der Waals surface area contributed by atoms with Crippen LogP contribution in [0.4, 0.5) is 5.69 Å². The standard InChI is InChI=1S/C35H41ClN2O5/c1-19-9-10-23(20(2)11-19)37-29(41)18-43-33-22(36)12-21(13-28(33)42-8)30-31-24(14-34(3,4)16-26(31)39)38(7)25-15-35(5,6)17-27(40)32(25)30/h9-13,30H,14-18H2,1-8H3,(H,37,41). The Balaban J connectivity index is 1.52. The number of benzene rings is 2. The average molecular weight is 605 g/mol. The van der Waals surface area contributed by atoms with Gasteiger partial charge in [0.25, 0.3) is 5.91 Å². The number of hydrogen-bond donors (Lipinski definition) is 1. The van der Waals surface area contributed by atoms with Crippen molar-refractivity contribution in [3.05, 3.63) is 74.6 Å². The van der Waals surface area contributed by atoms with Crippen LogP contribution in [0, 0.1) is 24.7 Å².